The highest BCUT2D eigenvalue weighted by molar-refractivity contribution is 5.77. The van der Waals surface area contributed by atoms with Gasteiger partial charge in [0.05, 0.1) is 12.1 Å². The number of aryl methyl sites for hydroxylation is 1. The van der Waals surface area contributed by atoms with Gasteiger partial charge < -0.3 is 14.8 Å². The Kier molecular flexibility index (Phi) is 4.33. The highest BCUT2D eigenvalue weighted by atomic mass is 19.1. The zero-order valence-electron chi connectivity index (χ0n) is 14.0. The molecule has 0 fully saturated rings. The molecule has 2 aromatic carbocycles. The van der Waals surface area contributed by atoms with Gasteiger partial charge in [-0.15, -0.1) is 5.10 Å². The standard InChI is InChI=1S/C18H19FN4O2/c1-23-16-4-2-3-13(17(16)21-22-23)9-20-6-5-12-7-15(19)8-14-10-24-11-25-18(12)14/h2-4,7-8,20H,5-6,9-11H2,1H3. The summed E-state index contributed by atoms with van der Waals surface area (Å²) >= 11 is 0. The molecule has 0 saturated heterocycles. The number of nitrogens with one attached hydrogen (secondary N) is 1. The summed E-state index contributed by atoms with van der Waals surface area (Å²) in [4.78, 5) is 0. The lowest BCUT2D eigenvalue weighted by Gasteiger charge is -2.21. The molecule has 1 N–H and O–H groups in total. The second kappa shape index (κ2) is 6.78. The van der Waals surface area contributed by atoms with Gasteiger partial charge in [0.1, 0.15) is 17.1 Å². The van der Waals surface area contributed by atoms with Crippen LogP contribution in [0, 0.1) is 5.82 Å². The maximum Gasteiger partial charge on any atom is 0.189 e. The van der Waals surface area contributed by atoms with Gasteiger partial charge in [-0.05, 0) is 42.3 Å². The summed E-state index contributed by atoms with van der Waals surface area (Å²) in [5.74, 6) is 0.498. The van der Waals surface area contributed by atoms with Crippen molar-refractivity contribution in [3.63, 3.8) is 0 Å². The summed E-state index contributed by atoms with van der Waals surface area (Å²) in [5.41, 5.74) is 4.64. The Balaban J connectivity index is 1.42. The van der Waals surface area contributed by atoms with E-state index in [-0.39, 0.29) is 12.6 Å². The second-order valence-corrected chi connectivity index (χ2v) is 6.09. The summed E-state index contributed by atoms with van der Waals surface area (Å²) in [6.45, 7) is 1.99. The summed E-state index contributed by atoms with van der Waals surface area (Å²) in [6, 6.07) is 9.04. The van der Waals surface area contributed by atoms with E-state index in [2.05, 4.69) is 15.6 Å². The Hall–Kier alpha value is -2.51. The van der Waals surface area contributed by atoms with E-state index in [4.69, 9.17) is 9.47 Å². The lowest BCUT2D eigenvalue weighted by atomic mass is 10.1. The Labute approximate surface area is 144 Å². The van der Waals surface area contributed by atoms with Crippen LogP contribution in [0.3, 0.4) is 0 Å². The van der Waals surface area contributed by atoms with Gasteiger partial charge in [-0.25, -0.2) is 9.07 Å². The molecule has 25 heavy (non-hydrogen) atoms. The molecule has 130 valence electrons. The average Bonchev–Trinajstić information content (AvgIpc) is 3.00. The number of ether oxygens (including phenoxy) is 2. The van der Waals surface area contributed by atoms with E-state index in [0.29, 0.717) is 26.1 Å². The summed E-state index contributed by atoms with van der Waals surface area (Å²) in [7, 11) is 1.88. The van der Waals surface area contributed by atoms with Crippen LogP contribution < -0.4 is 10.1 Å². The number of nitrogens with zero attached hydrogens (tertiary/aromatic N) is 3. The van der Waals surface area contributed by atoms with Gasteiger partial charge in [0.2, 0.25) is 0 Å². The first-order valence-electron chi connectivity index (χ1n) is 8.22. The van der Waals surface area contributed by atoms with Crippen molar-refractivity contribution in [2.24, 2.45) is 7.05 Å². The van der Waals surface area contributed by atoms with Gasteiger partial charge >= 0.3 is 0 Å². The molecule has 0 bridgehead atoms. The Morgan fingerprint density at radius 2 is 2.20 bits per heavy atom. The van der Waals surface area contributed by atoms with Crippen molar-refractivity contribution in [2.75, 3.05) is 13.3 Å². The van der Waals surface area contributed by atoms with Gasteiger partial charge in [-0.2, -0.15) is 0 Å². The van der Waals surface area contributed by atoms with Crippen LogP contribution >= 0.6 is 0 Å². The maximum absolute atomic E-state index is 13.8. The third-order valence-corrected chi connectivity index (χ3v) is 4.36. The zero-order chi connectivity index (χ0) is 17.2. The third-order valence-electron chi connectivity index (χ3n) is 4.36. The average molecular weight is 342 g/mol. The third kappa shape index (κ3) is 3.20. The van der Waals surface area contributed by atoms with Crippen molar-refractivity contribution in [1.29, 1.82) is 0 Å². The van der Waals surface area contributed by atoms with Crippen molar-refractivity contribution in [2.45, 2.75) is 19.6 Å². The molecule has 0 spiro atoms. The molecule has 0 unspecified atom stereocenters. The molecule has 3 aromatic rings. The fraction of sp³-hybridized carbons (Fsp3) is 0.333. The highest BCUT2D eigenvalue weighted by Gasteiger charge is 2.16. The minimum absolute atomic E-state index is 0.216. The van der Waals surface area contributed by atoms with Crippen LogP contribution in [0.25, 0.3) is 11.0 Å². The van der Waals surface area contributed by atoms with E-state index in [1.165, 1.54) is 12.1 Å². The van der Waals surface area contributed by atoms with Crippen molar-refractivity contribution in [1.82, 2.24) is 20.3 Å². The van der Waals surface area contributed by atoms with E-state index < -0.39 is 0 Å². The van der Waals surface area contributed by atoms with E-state index in [1.54, 1.807) is 4.68 Å². The maximum atomic E-state index is 13.8. The number of halogens is 1. The minimum Gasteiger partial charge on any atom is -0.467 e. The number of rotatable bonds is 5. The Morgan fingerprint density at radius 3 is 3.12 bits per heavy atom. The van der Waals surface area contributed by atoms with E-state index in [0.717, 1.165) is 33.5 Å². The van der Waals surface area contributed by atoms with Crippen LogP contribution in [0.4, 0.5) is 4.39 Å². The quantitative estimate of drug-likeness (QED) is 0.721. The van der Waals surface area contributed by atoms with Gasteiger partial charge in [-0.3, -0.25) is 0 Å². The molecule has 4 rings (SSSR count). The van der Waals surface area contributed by atoms with Crippen molar-refractivity contribution < 1.29 is 13.9 Å². The van der Waals surface area contributed by atoms with E-state index >= 15 is 0 Å². The largest absolute Gasteiger partial charge is 0.467 e. The minimum atomic E-state index is -0.257. The zero-order valence-corrected chi connectivity index (χ0v) is 14.0. The highest BCUT2D eigenvalue weighted by Crippen LogP contribution is 2.29. The van der Waals surface area contributed by atoms with Crippen LogP contribution in [0.5, 0.6) is 5.75 Å². The smallest absolute Gasteiger partial charge is 0.189 e. The summed E-state index contributed by atoms with van der Waals surface area (Å²) in [5, 5.41) is 11.7. The number of benzene rings is 2. The van der Waals surface area contributed by atoms with Crippen molar-refractivity contribution >= 4 is 11.0 Å². The fourth-order valence-electron chi connectivity index (χ4n) is 3.15. The van der Waals surface area contributed by atoms with Crippen molar-refractivity contribution in [3.05, 3.63) is 52.8 Å². The van der Waals surface area contributed by atoms with Gasteiger partial charge in [0.25, 0.3) is 0 Å². The number of fused-ring (bicyclic) bond motifs is 2. The first kappa shape index (κ1) is 16.0. The van der Waals surface area contributed by atoms with Crippen LogP contribution in [-0.2, 0) is 31.4 Å². The topological polar surface area (TPSA) is 61.2 Å². The lowest BCUT2D eigenvalue weighted by molar-refractivity contribution is -0.0172. The van der Waals surface area contributed by atoms with E-state index in [9.17, 15) is 4.39 Å². The Bertz CT molecular complexity index is 909. The number of hydrogen-bond donors (Lipinski definition) is 1. The number of hydrogen-bond acceptors (Lipinski definition) is 5. The van der Waals surface area contributed by atoms with E-state index in [1.807, 2.05) is 25.2 Å². The molecule has 7 heteroatoms. The number of aromatic nitrogens is 3. The normalized spacial score (nSPS) is 13.7. The molecular formula is C18H19FN4O2. The Morgan fingerprint density at radius 1 is 1.28 bits per heavy atom. The molecular weight excluding hydrogens is 323 g/mol. The first-order valence-corrected chi connectivity index (χ1v) is 8.22. The molecule has 1 aromatic heterocycles. The predicted molar refractivity (Wildman–Crippen MR) is 90.6 cm³/mol. The second-order valence-electron chi connectivity index (χ2n) is 6.09. The van der Waals surface area contributed by atoms with Crippen LogP contribution in [0.1, 0.15) is 16.7 Å². The predicted octanol–water partition coefficient (Wildman–Crippen LogP) is 2.31. The molecule has 0 atom stereocenters. The molecule has 1 aliphatic rings. The molecule has 0 aliphatic carbocycles. The van der Waals surface area contributed by atoms with Gasteiger partial charge in [0.15, 0.2) is 6.79 Å². The van der Waals surface area contributed by atoms with Crippen LogP contribution in [-0.4, -0.2) is 28.3 Å². The summed E-state index contributed by atoms with van der Waals surface area (Å²) < 4.78 is 26.3. The summed E-state index contributed by atoms with van der Waals surface area (Å²) in [6.07, 6.45) is 0.677. The van der Waals surface area contributed by atoms with Gasteiger partial charge in [0, 0.05) is 19.2 Å². The molecule has 1 aliphatic heterocycles. The molecule has 0 amide bonds. The fourth-order valence-corrected chi connectivity index (χ4v) is 3.15. The van der Waals surface area contributed by atoms with Crippen LogP contribution in [0.15, 0.2) is 30.3 Å². The SMILES string of the molecule is Cn1nnc2c(CNCCc3cc(F)cc4c3OCOC4)cccc21. The lowest BCUT2D eigenvalue weighted by Crippen LogP contribution is -2.19. The molecule has 0 saturated carbocycles. The molecule has 0 radical (unpaired) electrons. The monoisotopic (exact) mass is 342 g/mol. The first-order chi connectivity index (χ1) is 12.2. The van der Waals surface area contributed by atoms with Crippen molar-refractivity contribution in [3.8, 4) is 5.75 Å². The van der Waals surface area contributed by atoms with Crippen LogP contribution in [0.2, 0.25) is 0 Å². The molecule has 2 heterocycles. The molecule has 6 nitrogen and oxygen atoms in total. The van der Waals surface area contributed by atoms with Gasteiger partial charge in [-0.1, -0.05) is 17.3 Å².